The molecule has 1 aliphatic rings. The van der Waals surface area contributed by atoms with Crippen molar-refractivity contribution in [2.45, 2.75) is 51.6 Å². The van der Waals surface area contributed by atoms with Gasteiger partial charge in [0.15, 0.2) is 11.0 Å². The summed E-state index contributed by atoms with van der Waals surface area (Å²) in [5, 5.41) is 14.9. The highest BCUT2D eigenvalue weighted by molar-refractivity contribution is 7.99. The lowest BCUT2D eigenvalue weighted by Crippen LogP contribution is -2.20. The van der Waals surface area contributed by atoms with E-state index in [0.29, 0.717) is 21.6 Å². The molecule has 2 amide bonds. The predicted molar refractivity (Wildman–Crippen MR) is 132 cm³/mol. The van der Waals surface area contributed by atoms with Crippen LogP contribution in [0.3, 0.4) is 0 Å². The van der Waals surface area contributed by atoms with Crippen molar-refractivity contribution in [3.63, 3.8) is 0 Å². The fourth-order valence-corrected chi connectivity index (χ4v) is 7.26. The minimum absolute atomic E-state index is 0.173. The number of primary amides is 1. The maximum atomic E-state index is 12.7. The minimum Gasteiger partial charge on any atom is -0.365 e. The lowest BCUT2D eigenvalue weighted by molar-refractivity contribution is -0.113. The zero-order valence-electron chi connectivity index (χ0n) is 18.7. The van der Waals surface area contributed by atoms with Crippen LogP contribution in [-0.4, -0.2) is 32.3 Å². The van der Waals surface area contributed by atoms with Crippen LogP contribution in [-0.2, 0) is 31.1 Å². The SMILES string of the molecule is CCc1c(-c2nnc(SCC(=O)Nc3sc4c(c3C(N)=O)CCC(C)C4)n2C)csc1C. The molecule has 1 aliphatic carbocycles. The zero-order chi connectivity index (χ0) is 23.0. The Morgan fingerprint density at radius 3 is 2.88 bits per heavy atom. The smallest absolute Gasteiger partial charge is 0.251 e. The number of nitrogens with two attached hydrogens (primary N) is 1. The standard InChI is InChI=1S/C22H27N5O2S3/c1-5-13-12(3)30-9-15(13)20-25-26-22(27(20)4)31-10-17(28)24-21-18(19(23)29)14-7-6-11(2)8-16(14)32-21/h9,11H,5-8,10H2,1-4H3,(H2,23,29)(H,24,28). The van der Waals surface area contributed by atoms with Crippen molar-refractivity contribution in [2.24, 2.45) is 18.7 Å². The van der Waals surface area contributed by atoms with E-state index in [1.54, 1.807) is 11.3 Å². The van der Waals surface area contributed by atoms with E-state index in [0.717, 1.165) is 47.5 Å². The Labute approximate surface area is 199 Å². The second kappa shape index (κ2) is 9.36. The molecule has 170 valence electrons. The van der Waals surface area contributed by atoms with Crippen LogP contribution in [0.2, 0.25) is 0 Å². The Morgan fingerprint density at radius 2 is 2.16 bits per heavy atom. The van der Waals surface area contributed by atoms with Gasteiger partial charge >= 0.3 is 0 Å². The average molecular weight is 490 g/mol. The Bertz CT molecular complexity index is 1180. The van der Waals surface area contributed by atoms with Gasteiger partial charge in [0.25, 0.3) is 5.91 Å². The molecule has 4 rings (SSSR count). The van der Waals surface area contributed by atoms with Crippen molar-refractivity contribution in [3.05, 3.63) is 31.8 Å². The number of thiophene rings is 2. The van der Waals surface area contributed by atoms with Crippen LogP contribution in [0.5, 0.6) is 0 Å². The van der Waals surface area contributed by atoms with Crippen LogP contribution >= 0.6 is 34.4 Å². The van der Waals surface area contributed by atoms with Crippen molar-refractivity contribution >= 4 is 51.3 Å². The highest BCUT2D eigenvalue weighted by atomic mass is 32.2. The molecule has 32 heavy (non-hydrogen) atoms. The third-order valence-electron chi connectivity index (χ3n) is 5.88. The molecular formula is C22H27N5O2S3. The highest BCUT2D eigenvalue weighted by Gasteiger charge is 2.27. The molecule has 0 radical (unpaired) electrons. The summed E-state index contributed by atoms with van der Waals surface area (Å²) in [7, 11) is 1.92. The lowest BCUT2D eigenvalue weighted by Gasteiger charge is -2.18. The third-order valence-corrected chi connectivity index (χ3v) is 9.02. The van der Waals surface area contributed by atoms with Gasteiger partial charge in [0.05, 0.1) is 11.3 Å². The zero-order valence-corrected chi connectivity index (χ0v) is 21.1. The normalized spacial score (nSPS) is 15.6. The molecule has 3 aromatic heterocycles. The van der Waals surface area contributed by atoms with Gasteiger partial charge in [0.2, 0.25) is 5.91 Å². The summed E-state index contributed by atoms with van der Waals surface area (Å²) in [5.41, 5.74) is 9.54. The molecule has 7 nitrogen and oxygen atoms in total. The van der Waals surface area contributed by atoms with E-state index >= 15 is 0 Å². The second-order valence-corrected chi connectivity index (χ2v) is 11.3. The molecule has 0 saturated carbocycles. The van der Waals surface area contributed by atoms with Crippen molar-refractivity contribution in [1.29, 1.82) is 0 Å². The number of carbonyl (C=O) groups is 2. The fourth-order valence-electron chi connectivity index (χ4n) is 4.17. The number of amides is 2. The first-order valence-corrected chi connectivity index (χ1v) is 13.3. The predicted octanol–water partition coefficient (Wildman–Crippen LogP) is 4.43. The molecule has 0 bridgehead atoms. The first-order valence-electron chi connectivity index (χ1n) is 10.6. The van der Waals surface area contributed by atoms with Crippen molar-refractivity contribution < 1.29 is 9.59 Å². The summed E-state index contributed by atoms with van der Waals surface area (Å²) >= 11 is 4.52. The molecule has 0 aromatic carbocycles. The maximum absolute atomic E-state index is 12.7. The molecule has 1 unspecified atom stereocenters. The van der Waals surface area contributed by atoms with Crippen LogP contribution in [0.1, 0.15) is 51.5 Å². The number of carbonyl (C=O) groups excluding carboxylic acids is 2. The van der Waals surface area contributed by atoms with E-state index in [4.69, 9.17) is 5.73 Å². The molecule has 1 atom stereocenters. The molecule has 0 saturated heterocycles. The topological polar surface area (TPSA) is 103 Å². The Hall–Kier alpha value is -2.17. The van der Waals surface area contributed by atoms with E-state index in [2.05, 4.69) is 41.7 Å². The number of hydrogen-bond donors (Lipinski definition) is 2. The van der Waals surface area contributed by atoms with E-state index in [9.17, 15) is 9.59 Å². The number of anilines is 1. The van der Waals surface area contributed by atoms with Gasteiger partial charge in [0.1, 0.15) is 5.00 Å². The van der Waals surface area contributed by atoms with Crippen molar-refractivity contribution in [1.82, 2.24) is 14.8 Å². The number of aromatic nitrogens is 3. The summed E-state index contributed by atoms with van der Waals surface area (Å²) in [5.74, 6) is 0.897. The molecule has 0 spiro atoms. The summed E-state index contributed by atoms with van der Waals surface area (Å²) in [4.78, 5) is 27.2. The molecule has 0 aliphatic heterocycles. The van der Waals surface area contributed by atoms with Gasteiger partial charge in [-0.15, -0.1) is 32.9 Å². The first kappa shape index (κ1) is 23.0. The first-order chi connectivity index (χ1) is 15.3. The van der Waals surface area contributed by atoms with Crippen LogP contribution in [0.25, 0.3) is 11.4 Å². The van der Waals surface area contributed by atoms with Gasteiger partial charge in [-0.3, -0.25) is 9.59 Å². The summed E-state index contributed by atoms with van der Waals surface area (Å²) < 4.78 is 1.93. The Morgan fingerprint density at radius 1 is 1.38 bits per heavy atom. The number of nitrogens with zero attached hydrogens (tertiary/aromatic N) is 3. The van der Waals surface area contributed by atoms with Gasteiger partial charge in [-0.05, 0) is 49.7 Å². The molecule has 3 aromatic rings. The molecule has 3 N–H and O–H groups in total. The van der Waals surface area contributed by atoms with Crippen molar-refractivity contribution in [2.75, 3.05) is 11.1 Å². The fraction of sp³-hybridized carbons (Fsp3) is 0.455. The summed E-state index contributed by atoms with van der Waals surface area (Å²) in [6, 6.07) is 0. The number of rotatable bonds is 7. The molecule has 10 heteroatoms. The van der Waals surface area contributed by atoms with E-state index in [-0.39, 0.29) is 11.7 Å². The number of nitrogens with one attached hydrogen (secondary N) is 1. The lowest BCUT2D eigenvalue weighted by atomic mass is 9.88. The highest BCUT2D eigenvalue weighted by Crippen LogP contribution is 2.39. The number of hydrogen-bond acceptors (Lipinski definition) is 7. The second-order valence-electron chi connectivity index (χ2n) is 8.16. The van der Waals surface area contributed by atoms with Gasteiger partial charge in [0, 0.05) is 27.7 Å². The molecule has 0 fully saturated rings. The van der Waals surface area contributed by atoms with E-state index < -0.39 is 5.91 Å². The average Bonchev–Trinajstić information content (AvgIpc) is 3.40. The monoisotopic (exact) mass is 489 g/mol. The van der Waals surface area contributed by atoms with Crippen LogP contribution in [0, 0.1) is 12.8 Å². The van der Waals surface area contributed by atoms with Gasteiger partial charge in [-0.2, -0.15) is 0 Å². The molecular weight excluding hydrogens is 462 g/mol. The van der Waals surface area contributed by atoms with E-state index in [1.165, 1.54) is 33.5 Å². The van der Waals surface area contributed by atoms with Crippen molar-refractivity contribution in [3.8, 4) is 11.4 Å². The molecule has 3 heterocycles. The largest absolute Gasteiger partial charge is 0.365 e. The minimum atomic E-state index is -0.476. The Balaban J connectivity index is 1.47. The van der Waals surface area contributed by atoms with Gasteiger partial charge in [-0.25, -0.2) is 0 Å². The quantitative estimate of drug-likeness (QED) is 0.478. The Kier molecular flexibility index (Phi) is 6.73. The number of thioether (sulfide) groups is 1. The summed E-state index contributed by atoms with van der Waals surface area (Å²) in [6.07, 6.45) is 3.73. The number of aryl methyl sites for hydroxylation is 1. The van der Waals surface area contributed by atoms with Crippen LogP contribution in [0.15, 0.2) is 10.5 Å². The number of fused-ring (bicyclic) bond motifs is 1. The van der Waals surface area contributed by atoms with Crippen LogP contribution < -0.4 is 11.1 Å². The van der Waals surface area contributed by atoms with Crippen LogP contribution in [0.4, 0.5) is 5.00 Å². The summed E-state index contributed by atoms with van der Waals surface area (Å²) in [6.45, 7) is 6.46. The van der Waals surface area contributed by atoms with E-state index in [1.807, 2.05) is 11.6 Å². The van der Waals surface area contributed by atoms with Gasteiger partial charge in [-0.1, -0.05) is 25.6 Å². The van der Waals surface area contributed by atoms with Gasteiger partial charge < -0.3 is 15.6 Å². The maximum Gasteiger partial charge on any atom is 0.251 e. The third kappa shape index (κ3) is 4.35.